The number of likely N-dealkylation sites (N-methyl/N-ethyl adjacent to an activating group) is 1. The molecule has 0 saturated heterocycles. The number of ether oxygens (including phenoxy) is 1. The van der Waals surface area contributed by atoms with Crippen LogP contribution in [0, 0.1) is 0 Å². The summed E-state index contributed by atoms with van der Waals surface area (Å²) in [6.07, 6.45) is -4.84. The summed E-state index contributed by atoms with van der Waals surface area (Å²) in [6.45, 7) is 5.63. The van der Waals surface area contributed by atoms with E-state index in [1.54, 1.807) is 11.0 Å². The van der Waals surface area contributed by atoms with Crippen LogP contribution in [0.4, 0.5) is 36.4 Å². The molecular formula is C19H26ClF3N8O. The summed E-state index contributed by atoms with van der Waals surface area (Å²) in [6, 6.07) is 5.51. The number of aliphatic imine (C=N–C) groups is 1. The van der Waals surface area contributed by atoms with Crippen LogP contribution in [0.25, 0.3) is 0 Å². The Labute approximate surface area is 189 Å². The van der Waals surface area contributed by atoms with E-state index >= 15 is 0 Å². The fourth-order valence-electron chi connectivity index (χ4n) is 2.51. The number of anilines is 3. The maximum atomic E-state index is 12.4. The van der Waals surface area contributed by atoms with Crippen LogP contribution >= 0.6 is 11.6 Å². The van der Waals surface area contributed by atoms with Crippen molar-refractivity contribution < 1.29 is 17.9 Å². The molecule has 0 aliphatic rings. The monoisotopic (exact) mass is 474 g/mol. The predicted molar refractivity (Wildman–Crippen MR) is 121 cm³/mol. The van der Waals surface area contributed by atoms with Gasteiger partial charge in [0.2, 0.25) is 5.96 Å². The third-order valence-electron chi connectivity index (χ3n) is 3.90. The van der Waals surface area contributed by atoms with E-state index in [2.05, 4.69) is 35.6 Å². The van der Waals surface area contributed by atoms with E-state index in [-0.39, 0.29) is 23.0 Å². The number of rotatable bonds is 9. The molecule has 0 bridgehead atoms. The number of nitrogens with two attached hydrogens (primary N) is 1. The van der Waals surface area contributed by atoms with Crippen molar-refractivity contribution in [3.05, 3.63) is 29.3 Å². The maximum absolute atomic E-state index is 12.4. The standard InChI is InChI=1S/C19H26ClF3N8O/c1-5-25-10-11(2)26-15-9-16(31(3)4)29-18(28-15)30-17(24)27-12-6-7-14(13(20)8-12)32-19(21,22)23/h6-9,11,25H,5,10H2,1-4H3,(H4,24,26,27,28,29,30). The molecule has 1 atom stereocenters. The molecule has 0 fully saturated rings. The first-order chi connectivity index (χ1) is 15.0. The van der Waals surface area contributed by atoms with E-state index in [9.17, 15) is 13.2 Å². The summed E-state index contributed by atoms with van der Waals surface area (Å²) in [4.78, 5) is 14.7. The number of nitrogens with zero attached hydrogens (tertiary/aromatic N) is 4. The Bertz CT molecular complexity index is 939. The first-order valence-corrected chi connectivity index (χ1v) is 10.0. The van der Waals surface area contributed by atoms with Gasteiger partial charge in [-0.25, -0.2) is 0 Å². The van der Waals surface area contributed by atoms with Gasteiger partial charge in [-0.15, -0.1) is 13.2 Å². The Morgan fingerprint density at radius 3 is 2.59 bits per heavy atom. The molecule has 32 heavy (non-hydrogen) atoms. The largest absolute Gasteiger partial charge is 0.573 e. The minimum atomic E-state index is -4.84. The molecule has 0 amide bonds. The van der Waals surface area contributed by atoms with Crippen LogP contribution in [-0.2, 0) is 0 Å². The summed E-state index contributed by atoms with van der Waals surface area (Å²) < 4.78 is 41.0. The fourth-order valence-corrected chi connectivity index (χ4v) is 2.73. The number of hydrogen-bond acceptors (Lipinski definition) is 7. The summed E-state index contributed by atoms with van der Waals surface area (Å²) in [5.74, 6) is 0.680. The topological polar surface area (TPSA) is 113 Å². The van der Waals surface area contributed by atoms with Crippen molar-refractivity contribution in [2.24, 2.45) is 10.7 Å². The van der Waals surface area contributed by atoms with Gasteiger partial charge < -0.3 is 31.3 Å². The molecule has 0 aliphatic heterocycles. The average Bonchev–Trinajstić information content (AvgIpc) is 2.67. The zero-order chi connectivity index (χ0) is 23.9. The van der Waals surface area contributed by atoms with Crippen LogP contribution in [0.1, 0.15) is 13.8 Å². The molecule has 2 aromatic rings. The van der Waals surface area contributed by atoms with Crippen LogP contribution in [0.15, 0.2) is 29.3 Å². The van der Waals surface area contributed by atoms with Crippen molar-refractivity contribution in [2.75, 3.05) is 42.7 Å². The molecular weight excluding hydrogens is 449 g/mol. The van der Waals surface area contributed by atoms with Crippen LogP contribution in [0.2, 0.25) is 5.02 Å². The third-order valence-corrected chi connectivity index (χ3v) is 4.20. The lowest BCUT2D eigenvalue weighted by Gasteiger charge is -2.17. The minimum Gasteiger partial charge on any atom is -0.404 e. The molecule has 1 aromatic heterocycles. The zero-order valence-corrected chi connectivity index (χ0v) is 18.8. The van der Waals surface area contributed by atoms with Gasteiger partial charge in [-0.3, -0.25) is 0 Å². The highest BCUT2D eigenvalue weighted by atomic mass is 35.5. The van der Waals surface area contributed by atoms with Crippen molar-refractivity contribution in [1.29, 1.82) is 0 Å². The second-order valence-electron chi connectivity index (χ2n) is 6.97. The molecule has 1 aromatic carbocycles. The molecule has 0 radical (unpaired) electrons. The van der Waals surface area contributed by atoms with E-state index < -0.39 is 12.1 Å². The number of nitrogens with one attached hydrogen (secondary N) is 3. The maximum Gasteiger partial charge on any atom is 0.573 e. The first-order valence-electron chi connectivity index (χ1n) is 9.67. The van der Waals surface area contributed by atoms with Gasteiger partial charge in [-0.05, 0) is 31.7 Å². The van der Waals surface area contributed by atoms with Crippen LogP contribution < -0.4 is 31.3 Å². The molecule has 176 valence electrons. The van der Waals surface area contributed by atoms with Gasteiger partial charge in [0.1, 0.15) is 17.4 Å². The highest BCUT2D eigenvalue weighted by Gasteiger charge is 2.32. The van der Waals surface area contributed by atoms with E-state index in [0.29, 0.717) is 17.3 Å². The van der Waals surface area contributed by atoms with Gasteiger partial charge in [0.05, 0.1) is 5.02 Å². The molecule has 5 N–H and O–H groups in total. The molecule has 0 spiro atoms. The number of aromatic nitrogens is 2. The normalized spacial score (nSPS) is 12.9. The fraction of sp³-hybridized carbons (Fsp3) is 0.421. The highest BCUT2D eigenvalue weighted by Crippen LogP contribution is 2.32. The number of hydrogen-bond donors (Lipinski definition) is 4. The van der Waals surface area contributed by atoms with Crippen LogP contribution in [-0.4, -0.2) is 55.5 Å². The summed E-state index contributed by atoms with van der Waals surface area (Å²) in [7, 11) is 3.66. The quantitative estimate of drug-likeness (QED) is 0.322. The lowest BCUT2D eigenvalue weighted by Crippen LogP contribution is -2.30. The third kappa shape index (κ3) is 8.27. The molecule has 9 nitrogen and oxygen atoms in total. The Hall–Kier alpha value is -2.99. The van der Waals surface area contributed by atoms with Crippen LogP contribution in [0.3, 0.4) is 0 Å². The van der Waals surface area contributed by atoms with Crippen molar-refractivity contribution in [3.8, 4) is 5.75 Å². The van der Waals surface area contributed by atoms with Gasteiger partial charge >= 0.3 is 6.36 Å². The zero-order valence-electron chi connectivity index (χ0n) is 18.1. The highest BCUT2D eigenvalue weighted by molar-refractivity contribution is 6.32. The van der Waals surface area contributed by atoms with Crippen molar-refractivity contribution >= 4 is 40.8 Å². The number of guanidine groups is 1. The Morgan fingerprint density at radius 2 is 2.00 bits per heavy atom. The van der Waals surface area contributed by atoms with Gasteiger partial charge in [-0.2, -0.15) is 15.0 Å². The van der Waals surface area contributed by atoms with Crippen molar-refractivity contribution in [2.45, 2.75) is 26.3 Å². The summed E-state index contributed by atoms with van der Waals surface area (Å²) in [5, 5.41) is 9.02. The average molecular weight is 475 g/mol. The smallest absolute Gasteiger partial charge is 0.404 e. The molecule has 1 unspecified atom stereocenters. The van der Waals surface area contributed by atoms with E-state index in [1.165, 1.54) is 12.1 Å². The molecule has 0 aliphatic carbocycles. The van der Waals surface area contributed by atoms with E-state index in [0.717, 1.165) is 19.2 Å². The van der Waals surface area contributed by atoms with Gasteiger partial charge in [0.15, 0.2) is 0 Å². The molecule has 0 saturated carbocycles. The molecule has 1 heterocycles. The minimum absolute atomic E-state index is 0.0758. The molecule has 13 heteroatoms. The van der Waals surface area contributed by atoms with Gasteiger partial charge in [-0.1, -0.05) is 18.5 Å². The Balaban J connectivity index is 2.20. The van der Waals surface area contributed by atoms with Gasteiger partial charge in [0.25, 0.3) is 5.95 Å². The first kappa shape index (κ1) is 25.3. The lowest BCUT2D eigenvalue weighted by molar-refractivity contribution is -0.274. The predicted octanol–water partition coefficient (Wildman–Crippen LogP) is 3.56. The Kier molecular flexibility index (Phi) is 8.72. The molecule has 2 rings (SSSR count). The van der Waals surface area contributed by atoms with Crippen LogP contribution in [0.5, 0.6) is 5.75 Å². The summed E-state index contributed by atoms with van der Waals surface area (Å²) in [5.41, 5.74) is 6.24. The number of halogens is 4. The van der Waals surface area contributed by atoms with Crippen molar-refractivity contribution in [3.63, 3.8) is 0 Å². The van der Waals surface area contributed by atoms with Gasteiger partial charge in [0, 0.05) is 38.4 Å². The Morgan fingerprint density at radius 1 is 1.28 bits per heavy atom. The summed E-state index contributed by atoms with van der Waals surface area (Å²) >= 11 is 5.85. The number of benzene rings is 1. The van der Waals surface area contributed by atoms with E-state index in [1.807, 2.05) is 27.9 Å². The SMILES string of the molecule is CCNCC(C)Nc1cc(N(C)C)nc(/N=C(\N)Nc2ccc(OC(F)(F)F)c(Cl)c2)n1. The second kappa shape index (κ2) is 11.0. The second-order valence-corrected chi connectivity index (χ2v) is 7.38. The lowest BCUT2D eigenvalue weighted by atomic mass is 10.3. The van der Waals surface area contributed by atoms with E-state index in [4.69, 9.17) is 17.3 Å². The van der Waals surface area contributed by atoms with Crippen molar-refractivity contribution in [1.82, 2.24) is 15.3 Å². The number of alkyl halides is 3.